The Morgan fingerprint density at radius 3 is 2.53 bits per heavy atom. The van der Waals surface area contributed by atoms with E-state index in [2.05, 4.69) is 0 Å². The Morgan fingerprint density at radius 2 is 1.93 bits per heavy atom. The van der Waals surface area contributed by atoms with Crippen LogP contribution >= 0.6 is 23.4 Å². The lowest BCUT2D eigenvalue weighted by Gasteiger charge is -2.12. The normalized spacial score (nSPS) is 15.7. The van der Waals surface area contributed by atoms with Crippen molar-refractivity contribution in [3.63, 3.8) is 0 Å². The van der Waals surface area contributed by atoms with Gasteiger partial charge in [-0.25, -0.2) is 0 Å². The molecule has 0 saturated heterocycles. The first kappa shape index (κ1) is 15.2. The minimum absolute atomic E-state index is 0.0415. The summed E-state index contributed by atoms with van der Waals surface area (Å²) in [5.41, 5.74) is 1.44. The van der Waals surface area contributed by atoms with Crippen LogP contribution in [0.1, 0.15) is 0 Å². The number of halogens is 1. The van der Waals surface area contributed by atoms with Crippen LogP contribution in [-0.2, 0) is 4.74 Å². The molecule has 0 aromatic carbocycles. The van der Waals surface area contributed by atoms with Crippen LogP contribution in [0.5, 0.6) is 0 Å². The molecule has 0 aromatic heterocycles. The van der Waals surface area contributed by atoms with Gasteiger partial charge in [-0.05, 0) is 0 Å². The van der Waals surface area contributed by atoms with E-state index < -0.39 is 12.2 Å². The molecule has 0 aromatic rings. The summed E-state index contributed by atoms with van der Waals surface area (Å²) in [5, 5.41) is 26.8. The lowest BCUT2D eigenvalue weighted by atomic mass is 10.4. The van der Waals surface area contributed by atoms with Crippen molar-refractivity contribution in [2.45, 2.75) is 12.2 Å². The van der Waals surface area contributed by atoms with Gasteiger partial charge in [0.2, 0.25) is 0 Å². The van der Waals surface area contributed by atoms with Crippen LogP contribution in [0.25, 0.3) is 0 Å². The van der Waals surface area contributed by atoms with Crippen molar-refractivity contribution >= 4 is 23.4 Å². The van der Waals surface area contributed by atoms with Crippen molar-refractivity contribution in [3.05, 3.63) is 11.6 Å². The highest BCUT2D eigenvalue weighted by Gasteiger charge is 2.06. The zero-order chi connectivity index (χ0) is 11.5. The molecule has 0 radical (unpaired) electrons. The Balaban J connectivity index is 3.29. The van der Waals surface area contributed by atoms with Crippen molar-refractivity contribution in [1.82, 2.24) is 0 Å². The summed E-state index contributed by atoms with van der Waals surface area (Å²) in [6, 6.07) is 0. The Hall–Kier alpha value is 0.220. The van der Waals surface area contributed by atoms with Gasteiger partial charge >= 0.3 is 0 Å². The number of rotatable bonds is 9. The summed E-state index contributed by atoms with van der Waals surface area (Å²) < 4.78 is 4.99. The van der Waals surface area contributed by atoms with Crippen LogP contribution in [0.4, 0.5) is 0 Å². The highest BCUT2D eigenvalue weighted by atomic mass is 35.5. The van der Waals surface area contributed by atoms with Crippen LogP contribution in [0.3, 0.4) is 0 Å². The maximum Gasteiger partial charge on any atom is 0.100 e. The smallest absolute Gasteiger partial charge is 0.100 e. The molecule has 4 nitrogen and oxygen atoms in total. The highest BCUT2D eigenvalue weighted by Crippen LogP contribution is 2.04. The Bertz CT molecular complexity index is 168. The summed E-state index contributed by atoms with van der Waals surface area (Å²) in [6.07, 6.45) is 0.351. The zero-order valence-corrected chi connectivity index (χ0v) is 9.95. The zero-order valence-electron chi connectivity index (χ0n) is 8.38. The van der Waals surface area contributed by atoms with E-state index in [0.29, 0.717) is 5.75 Å². The van der Waals surface area contributed by atoms with Gasteiger partial charge in [-0.3, -0.25) is 0 Å². The molecule has 90 valence electrons. The molecular weight excluding hydrogens is 240 g/mol. The molecule has 2 atom stereocenters. The van der Waals surface area contributed by atoms with Crippen LogP contribution < -0.4 is 0 Å². The maximum absolute atomic E-state index is 9.39. The van der Waals surface area contributed by atoms with Crippen LogP contribution in [0, 0.1) is 0 Å². The van der Waals surface area contributed by atoms with E-state index in [4.69, 9.17) is 26.6 Å². The lowest BCUT2D eigenvalue weighted by Crippen LogP contribution is -2.24. The van der Waals surface area contributed by atoms with Crippen molar-refractivity contribution < 1.29 is 20.1 Å². The third-order valence-corrected chi connectivity index (χ3v) is 2.67. The van der Waals surface area contributed by atoms with E-state index in [1.165, 1.54) is 17.3 Å². The molecule has 0 amide bonds. The van der Waals surface area contributed by atoms with Crippen LogP contribution in [0.15, 0.2) is 11.6 Å². The summed E-state index contributed by atoms with van der Waals surface area (Å²) in [7, 11) is 0. The van der Waals surface area contributed by atoms with Gasteiger partial charge in [-0.15, -0.1) is 0 Å². The first-order chi connectivity index (χ1) is 7.20. The SMILES string of the molecule is OCC(O)COCC(O)CSCC=CCl. The third-order valence-electron chi connectivity index (χ3n) is 1.44. The summed E-state index contributed by atoms with van der Waals surface area (Å²) >= 11 is 6.86. The minimum atomic E-state index is -0.871. The lowest BCUT2D eigenvalue weighted by molar-refractivity contribution is -0.0192. The van der Waals surface area contributed by atoms with Crippen LogP contribution in [-0.4, -0.2) is 58.9 Å². The fraction of sp³-hybridized carbons (Fsp3) is 0.778. The first-order valence-corrected chi connectivity index (χ1v) is 6.17. The largest absolute Gasteiger partial charge is 0.394 e. The monoisotopic (exact) mass is 256 g/mol. The van der Waals surface area contributed by atoms with Crippen molar-refractivity contribution in [1.29, 1.82) is 0 Å². The van der Waals surface area contributed by atoms with Crippen molar-refractivity contribution in [3.8, 4) is 0 Å². The first-order valence-electron chi connectivity index (χ1n) is 4.58. The Morgan fingerprint density at radius 1 is 1.27 bits per heavy atom. The van der Waals surface area contributed by atoms with Gasteiger partial charge in [0.05, 0.1) is 25.9 Å². The van der Waals surface area contributed by atoms with Crippen LogP contribution in [0.2, 0.25) is 0 Å². The van der Waals surface area contributed by atoms with E-state index in [0.717, 1.165) is 5.75 Å². The fourth-order valence-corrected chi connectivity index (χ4v) is 1.68. The molecule has 0 aliphatic heterocycles. The van der Waals surface area contributed by atoms with Crippen molar-refractivity contribution in [2.75, 3.05) is 31.3 Å². The fourth-order valence-electron chi connectivity index (χ4n) is 0.749. The minimum Gasteiger partial charge on any atom is -0.394 e. The molecular formula is C9H17ClO4S. The quantitative estimate of drug-likeness (QED) is 0.515. The standard InChI is InChI=1S/C9H17ClO4S/c10-2-1-3-15-7-9(13)6-14-5-8(12)4-11/h1-2,8-9,11-13H,3-7H2. The predicted molar refractivity (Wildman–Crippen MR) is 62.2 cm³/mol. The van der Waals surface area contributed by atoms with E-state index in [9.17, 15) is 5.11 Å². The molecule has 0 heterocycles. The number of ether oxygens (including phenoxy) is 1. The van der Waals surface area contributed by atoms with Gasteiger partial charge in [0.25, 0.3) is 0 Å². The molecule has 0 aliphatic carbocycles. The second-order valence-electron chi connectivity index (χ2n) is 2.93. The summed E-state index contributed by atoms with van der Waals surface area (Å²) in [5.74, 6) is 1.30. The second kappa shape index (κ2) is 10.7. The molecule has 15 heavy (non-hydrogen) atoms. The molecule has 2 unspecified atom stereocenters. The molecule has 0 saturated carbocycles. The molecule has 0 aliphatic rings. The second-order valence-corrected chi connectivity index (χ2v) is 4.25. The predicted octanol–water partition coefficient (Wildman–Crippen LogP) is 0.203. The van der Waals surface area contributed by atoms with Gasteiger partial charge < -0.3 is 20.1 Å². The topological polar surface area (TPSA) is 69.9 Å². The van der Waals surface area contributed by atoms with E-state index in [1.807, 2.05) is 0 Å². The van der Waals surface area contributed by atoms with Crippen molar-refractivity contribution in [2.24, 2.45) is 0 Å². The number of hydrogen-bond donors (Lipinski definition) is 3. The van der Waals surface area contributed by atoms with Gasteiger partial charge in [-0.2, -0.15) is 11.8 Å². The average molecular weight is 257 g/mol. The molecule has 6 heteroatoms. The van der Waals surface area contributed by atoms with Gasteiger partial charge in [0.1, 0.15) is 6.10 Å². The van der Waals surface area contributed by atoms with E-state index in [-0.39, 0.29) is 19.8 Å². The Kier molecular flexibility index (Phi) is 10.9. The molecule has 0 fully saturated rings. The van der Waals surface area contributed by atoms with Gasteiger partial charge in [0, 0.05) is 17.0 Å². The molecule has 0 bridgehead atoms. The molecule has 0 spiro atoms. The van der Waals surface area contributed by atoms with E-state index in [1.54, 1.807) is 6.08 Å². The summed E-state index contributed by atoms with van der Waals surface area (Å²) in [4.78, 5) is 0. The van der Waals surface area contributed by atoms with E-state index >= 15 is 0 Å². The third kappa shape index (κ3) is 10.5. The number of thioether (sulfide) groups is 1. The Labute approximate surface area is 98.9 Å². The maximum atomic E-state index is 9.39. The highest BCUT2D eigenvalue weighted by molar-refractivity contribution is 7.99. The number of aliphatic hydroxyl groups excluding tert-OH is 3. The van der Waals surface area contributed by atoms with Gasteiger partial charge in [0.15, 0.2) is 0 Å². The molecule has 0 rings (SSSR count). The molecule has 3 N–H and O–H groups in total. The summed E-state index contributed by atoms with van der Waals surface area (Å²) in [6.45, 7) is -0.125. The number of aliphatic hydroxyl groups is 3. The number of hydrogen-bond acceptors (Lipinski definition) is 5. The average Bonchev–Trinajstić information content (AvgIpc) is 2.24. The van der Waals surface area contributed by atoms with Gasteiger partial charge in [-0.1, -0.05) is 17.7 Å².